The van der Waals surface area contributed by atoms with Crippen LogP contribution in [0.2, 0.25) is 0 Å². The van der Waals surface area contributed by atoms with E-state index in [4.69, 9.17) is 4.74 Å². The fourth-order valence-electron chi connectivity index (χ4n) is 2.89. The molecule has 9 heteroatoms. The van der Waals surface area contributed by atoms with Gasteiger partial charge in [0, 0.05) is 31.4 Å². The lowest BCUT2D eigenvalue weighted by atomic mass is 10.1. The highest BCUT2D eigenvalue weighted by Crippen LogP contribution is 2.27. The highest BCUT2D eigenvalue weighted by atomic mass is 19.2. The van der Waals surface area contributed by atoms with Gasteiger partial charge in [-0.1, -0.05) is 12.1 Å². The van der Waals surface area contributed by atoms with Gasteiger partial charge in [0.05, 0.1) is 12.2 Å². The smallest absolute Gasteiger partial charge is 0.253 e. The molecule has 3 rings (SSSR count). The second-order valence-corrected chi connectivity index (χ2v) is 6.58. The Kier molecular flexibility index (Phi) is 6.39. The molecule has 0 radical (unpaired) electrons. The molecule has 1 aromatic heterocycles. The summed E-state index contributed by atoms with van der Waals surface area (Å²) >= 11 is 0. The molecule has 0 aliphatic carbocycles. The van der Waals surface area contributed by atoms with Gasteiger partial charge in [-0.25, -0.2) is 8.78 Å². The maximum absolute atomic E-state index is 13.7. The molecule has 30 heavy (non-hydrogen) atoms. The predicted molar refractivity (Wildman–Crippen MR) is 101 cm³/mol. The standard InChI is InChI=1S/C21H19F4N3O2/c1-3-28-15(8-9-26-28)11-27(2)21(29)14-6-4-13(5-7-14)12-30-20-18(24)16(22)10-17(23)19(20)25/h4-10H,3,11-12H2,1-2H3. The Morgan fingerprint density at radius 2 is 1.70 bits per heavy atom. The minimum atomic E-state index is -1.60. The largest absolute Gasteiger partial charge is 0.483 e. The zero-order valence-corrected chi connectivity index (χ0v) is 16.3. The monoisotopic (exact) mass is 421 g/mol. The lowest BCUT2D eigenvalue weighted by molar-refractivity contribution is 0.0781. The maximum Gasteiger partial charge on any atom is 0.253 e. The molecule has 1 amide bonds. The van der Waals surface area contributed by atoms with E-state index >= 15 is 0 Å². The van der Waals surface area contributed by atoms with Crippen molar-refractivity contribution < 1.29 is 27.1 Å². The molecule has 1 heterocycles. The third kappa shape index (κ3) is 4.45. The fourth-order valence-corrected chi connectivity index (χ4v) is 2.89. The molecule has 0 N–H and O–H groups in total. The molecule has 0 bridgehead atoms. The van der Waals surface area contributed by atoms with Crippen molar-refractivity contribution in [3.05, 3.63) is 82.7 Å². The van der Waals surface area contributed by atoms with Crippen LogP contribution in [0.1, 0.15) is 28.5 Å². The van der Waals surface area contributed by atoms with Crippen molar-refractivity contribution in [2.45, 2.75) is 26.6 Å². The Morgan fingerprint density at radius 3 is 2.30 bits per heavy atom. The number of ether oxygens (including phenoxy) is 1. The Labute approximate surface area is 170 Å². The van der Waals surface area contributed by atoms with Crippen LogP contribution in [0, 0.1) is 23.3 Å². The van der Waals surface area contributed by atoms with E-state index in [-0.39, 0.29) is 18.6 Å². The number of rotatable bonds is 7. The summed E-state index contributed by atoms with van der Waals surface area (Å²) in [6.45, 7) is 2.68. The number of carbonyl (C=O) groups excluding carboxylic acids is 1. The quantitative estimate of drug-likeness (QED) is 0.422. The number of aromatic nitrogens is 2. The summed E-state index contributed by atoms with van der Waals surface area (Å²) in [6.07, 6.45) is 1.67. The van der Waals surface area contributed by atoms with Crippen molar-refractivity contribution >= 4 is 5.91 Å². The molecular formula is C21H19F4N3O2. The average Bonchev–Trinajstić information content (AvgIpc) is 3.19. The van der Waals surface area contributed by atoms with E-state index < -0.39 is 29.0 Å². The number of carbonyl (C=O) groups is 1. The third-order valence-electron chi connectivity index (χ3n) is 4.51. The molecule has 0 saturated heterocycles. The van der Waals surface area contributed by atoms with E-state index in [2.05, 4.69) is 5.10 Å². The van der Waals surface area contributed by atoms with Crippen LogP contribution in [-0.4, -0.2) is 27.6 Å². The Balaban J connectivity index is 1.66. The molecular weight excluding hydrogens is 402 g/mol. The van der Waals surface area contributed by atoms with E-state index in [0.717, 1.165) is 5.69 Å². The number of benzene rings is 2. The summed E-state index contributed by atoms with van der Waals surface area (Å²) in [7, 11) is 1.66. The number of hydrogen-bond donors (Lipinski definition) is 0. The van der Waals surface area contributed by atoms with Crippen LogP contribution in [0.25, 0.3) is 0 Å². The molecule has 0 spiro atoms. The van der Waals surface area contributed by atoms with Gasteiger partial charge in [0.1, 0.15) is 6.61 Å². The SMILES string of the molecule is CCn1nccc1CN(C)C(=O)c1ccc(COc2c(F)c(F)cc(F)c2F)cc1. The van der Waals surface area contributed by atoms with Crippen molar-refractivity contribution in [2.75, 3.05) is 7.05 Å². The third-order valence-corrected chi connectivity index (χ3v) is 4.51. The first-order valence-electron chi connectivity index (χ1n) is 9.12. The number of nitrogens with zero attached hydrogens (tertiary/aromatic N) is 3. The molecule has 0 fully saturated rings. The van der Waals surface area contributed by atoms with Crippen molar-refractivity contribution in [2.24, 2.45) is 0 Å². The summed E-state index contributed by atoms with van der Waals surface area (Å²) in [5, 5.41) is 4.16. The zero-order chi connectivity index (χ0) is 21.8. The van der Waals surface area contributed by atoms with Crippen molar-refractivity contribution in [1.82, 2.24) is 14.7 Å². The first kappa shape index (κ1) is 21.4. The van der Waals surface area contributed by atoms with E-state index in [1.54, 1.807) is 17.9 Å². The summed E-state index contributed by atoms with van der Waals surface area (Å²) in [5.41, 5.74) is 1.75. The Bertz CT molecular complexity index is 1020. The van der Waals surface area contributed by atoms with Crippen molar-refractivity contribution in [1.29, 1.82) is 0 Å². The zero-order valence-electron chi connectivity index (χ0n) is 16.3. The molecule has 0 aliphatic heterocycles. The van der Waals surface area contributed by atoms with Crippen LogP contribution in [0.5, 0.6) is 5.75 Å². The summed E-state index contributed by atoms with van der Waals surface area (Å²) in [5.74, 6) is -7.65. The van der Waals surface area contributed by atoms with Gasteiger partial charge in [-0.05, 0) is 30.7 Å². The van der Waals surface area contributed by atoms with Crippen LogP contribution < -0.4 is 4.74 Å². The van der Waals surface area contributed by atoms with Crippen LogP contribution >= 0.6 is 0 Å². The van der Waals surface area contributed by atoms with Crippen molar-refractivity contribution in [3.8, 4) is 5.75 Å². The minimum Gasteiger partial charge on any atom is -0.483 e. The molecule has 2 aromatic carbocycles. The lowest BCUT2D eigenvalue weighted by Crippen LogP contribution is -2.27. The van der Waals surface area contributed by atoms with Gasteiger partial charge < -0.3 is 9.64 Å². The number of halogens is 4. The molecule has 0 unspecified atom stereocenters. The van der Waals surface area contributed by atoms with Gasteiger partial charge in [-0.2, -0.15) is 13.9 Å². The van der Waals surface area contributed by atoms with Crippen LogP contribution in [0.4, 0.5) is 17.6 Å². The predicted octanol–water partition coefficient (Wildman–Crippen LogP) is 4.31. The van der Waals surface area contributed by atoms with E-state index in [1.165, 1.54) is 29.2 Å². The van der Waals surface area contributed by atoms with Gasteiger partial charge in [0.25, 0.3) is 5.91 Å². The van der Waals surface area contributed by atoms with Gasteiger partial charge in [0.15, 0.2) is 17.4 Å². The molecule has 0 aliphatic rings. The van der Waals surface area contributed by atoms with Gasteiger partial charge in [-0.15, -0.1) is 0 Å². The fraction of sp³-hybridized carbons (Fsp3) is 0.238. The highest BCUT2D eigenvalue weighted by Gasteiger charge is 2.21. The number of aryl methyl sites for hydroxylation is 1. The second kappa shape index (κ2) is 8.98. The Morgan fingerprint density at radius 1 is 1.07 bits per heavy atom. The number of amides is 1. The van der Waals surface area contributed by atoms with E-state index in [9.17, 15) is 22.4 Å². The first-order valence-corrected chi connectivity index (χ1v) is 9.12. The summed E-state index contributed by atoms with van der Waals surface area (Å²) in [4.78, 5) is 14.1. The molecule has 5 nitrogen and oxygen atoms in total. The first-order chi connectivity index (χ1) is 14.3. The molecule has 0 atom stereocenters. The molecule has 0 saturated carbocycles. The van der Waals surface area contributed by atoms with E-state index in [0.29, 0.717) is 24.2 Å². The van der Waals surface area contributed by atoms with Crippen molar-refractivity contribution in [3.63, 3.8) is 0 Å². The molecule has 158 valence electrons. The van der Waals surface area contributed by atoms with Crippen LogP contribution in [0.15, 0.2) is 42.6 Å². The highest BCUT2D eigenvalue weighted by molar-refractivity contribution is 5.94. The summed E-state index contributed by atoms with van der Waals surface area (Å²) < 4.78 is 60.5. The van der Waals surface area contributed by atoms with Crippen LogP contribution in [0.3, 0.4) is 0 Å². The van der Waals surface area contributed by atoms with Gasteiger partial charge >= 0.3 is 0 Å². The summed E-state index contributed by atoms with van der Waals surface area (Å²) in [6, 6.07) is 8.08. The lowest BCUT2D eigenvalue weighted by Gasteiger charge is -2.18. The average molecular weight is 421 g/mol. The van der Waals surface area contributed by atoms with Gasteiger partial charge in [0.2, 0.25) is 11.6 Å². The maximum atomic E-state index is 13.7. The van der Waals surface area contributed by atoms with Crippen LogP contribution in [-0.2, 0) is 19.7 Å². The normalized spacial score (nSPS) is 10.9. The topological polar surface area (TPSA) is 47.4 Å². The minimum absolute atomic E-state index is 0.113. The van der Waals surface area contributed by atoms with Gasteiger partial charge in [-0.3, -0.25) is 9.48 Å². The second-order valence-electron chi connectivity index (χ2n) is 6.58. The Hall–Kier alpha value is -3.36. The molecule has 3 aromatic rings. The van der Waals surface area contributed by atoms with E-state index in [1.807, 2.05) is 13.0 Å². The number of hydrogen-bond acceptors (Lipinski definition) is 3.